The van der Waals surface area contributed by atoms with Crippen molar-refractivity contribution in [3.05, 3.63) is 47.6 Å². The number of hydrogen-bond acceptors (Lipinski definition) is 9. The molecule has 0 spiro atoms. The van der Waals surface area contributed by atoms with E-state index in [1.165, 1.54) is 16.9 Å². The molecule has 16 heteroatoms. The van der Waals surface area contributed by atoms with Crippen molar-refractivity contribution < 1.29 is 26.7 Å². The quantitative estimate of drug-likeness (QED) is 0.348. The lowest BCUT2D eigenvalue weighted by Gasteiger charge is -2.27. The van der Waals surface area contributed by atoms with E-state index >= 15 is 0 Å². The zero-order chi connectivity index (χ0) is 27.7. The predicted octanol–water partition coefficient (Wildman–Crippen LogP) is 3.04. The van der Waals surface area contributed by atoms with Gasteiger partial charge in [0.25, 0.3) is 0 Å². The van der Waals surface area contributed by atoms with Crippen molar-refractivity contribution in [2.45, 2.75) is 50.1 Å². The summed E-state index contributed by atoms with van der Waals surface area (Å²) in [5, 5.41) is 6.71. The van der Waals surface area contributed by atoms with E-state index in [9.17, 15) is 26.7 Å². The van der Waals surface area contributed by atoms with Gasteiger partial charge in [-0.2, -0.15) is 27.1 Å². The Morgan fingerprint density at radius 3 is 2.54 bits per heavy atom. The molecule has 5 heterocycles. The van der Waals surface area contributed by atoms with Crippen molar-refractivity contribution in [3.63, 3.8) is 0 Å². The zero-order valence-corrected chi connectivity index (χ0v) is 20.2. The Morgan fingerprint density at radius 1 is 1.10 bits per heavy atom. The summed E-state index contributed by atoms with van der Waals surface area (Å²) in [6.45, 7) is 1.77. The van der Waals surface area contributed by atoms with Gasteiger partial charge < -0.3 is 11.1 Å². The van der Waals surface area contributed by atoms with E-state index in [0.717, 1.165) is 19.2 Å². The number of aryl methyl sites for hydroxylation is 2. The number of nitrogens with one attached hydrogen (secondary N) is 1. The van der Waals surface area contributed by atoms with Gasteiger partial charge >= 0.3 is 12.1 Å². The number of nitrogens with zero attached hydrogens (tertiary/aromatic N) is 8. The van der Waals surface area contributed by atoms with Gasteiger partial charge in [-0.3, -0.25) is 14.8 Å². The fourth-order valence-electron chi connectivity index (χ4n) is 4.93. The number of fused-ring (bicyclic) bond motifs is 2. The third kappa shape index (κ3) is 3.84. The minimum Gasteiger partial charge on any atom is -0.383 e. The number of hydrogen-bond donors (Lipinski definition) is 2. The first-order valence-corrected chi connectivity index (χ1v) is 11.8. The molecule has 0 bridgehead atoms. The molecule has 1 unspecified atom stereocenters. The van der Waals surface area contributed by atoms with E-state index in [4.69, 9.17) is 5.73 Å². The van der Waals surface area contributed by atoms with E-state index < -0.39 is 30.4 Å². The average Bonchev–Trinajstić information content (AvgIpc) is 3.52. The van der Waals surface area contributed by atoms with Gasteiger partial charge in [0.05, 0.1) is 35.0 Å². The summed E-state index contributed by atoms with van der Waals surface area (Å²) in [7, 11) is 0. The van der Waals surface area contributed by atoms with Gasteiger partial charge in [-0.05, 0) is 32.1 Å². The molecule has 1 amide bonds. The molecule has 0 radical (unpaired) electrons. The molecule has 6 rings (SSSR count). The lowest BCUT2D eigenvalue weighted by Crippen LogP contribution is -2.39. The summed E-state index contributed by atoms with van der Waals surface area (Å²) in [6.07, 6.45) is -0.977. The maximum absolute atomic E-state index is 13.6. The first-order chi connectivity index (χ1) is 18.4. The van der Waals surface area contributed by atoms with Gasteiger partial charge in [0.1, 0.15) is 29.1 Å². The number of carbonyl (C=O) groups is 1. The van der Waals surface area contributed by atoms with E-state index in [1.807, 2.05) is 0 Å². The molecule has 1 aliphatic heterocycles. The fourth-order valence-corrected chi connectivity index (χ4v) is 4.93. The molecule has 1 fully saturated rings. The van der Waals surface area contributed by atoms with Gasteiger partial charge in [0.2, 0.25) is 5.91 Å². The first-order valence-electron chi connectivity index (χ1n) is 11.8. The Bertz CT molecular complexity index is 1620. The van der Waals surface area contributed by atoms with Crippen LogP contribution in [0, 0.1) is 12.8 Å². The third-order valence-electron chi connectivity index (χ3n) is 6.95. The Balaban J connectivity index is 1.43. The van der Waals surface area contributed by atoms with Crippen LogP contribution in [0.3, 0.4) is 0 Å². The Labute approximate surface area is 216 Å². The van der Waals surface area contributed by atoms with E-state index in [1.54, 1.807) is 13.1 Å². The van der Waals surface area contributed by atoms with Crippen LogP contribution in [0.15, 0.2) is 24.9 Å². The average molecular weight is 546 g/mol. The van der Waals surface area contributed by atoms with Gasteiger partial charge in [0, 0.05) is 12.6 Å². The third-order valence-corrected chi connectivity index (χ3v) is 6.95. The summed E-state index contributed by atoms with van der Waals surface area (Å²) in [5.41, 5.74) is 6.41. The summed E-state index contributed by atoms with van der Waals surface area (Å²) in [6, 6.07) is 0. The molecule has 0 saturated heterocycles. The van der Waals surface area contributed by atoms with Gasteiger partial charge in [-0.25, -0.2) is 24.5 Å². The maximum atomic E-state index is 13.6. The van der Waals surface area contributed by atoms with Crippen LogP contribution in [0.1, 0.15) is 41.9 Å². The number of carbonyl (C=O) groups excluding carboxylic acids is 1. The van der Waals surface area contributed by atoms with E-state index in [-0.39, 0.29) is 46.3 Å². The predicted molar refractivity (Wildman–Crippen MR) is 124 cm³/mol. The summed E-state index contributed by atoms with van der Waals surface area (Å²) in [4.78, 5) is 39.2. The SMILES string of the molecule is Cc1cnc(C2(C3CC3)C(=O)Nc3nc(-c4cn5ncnc5c(CCC(F)(F)C(F)(F)F)n4)nc(N)c32)cn1. The van der Waals surface area contributed by atoms with Crippen LogP contribution < -0.4 is 11.1 Å². The van der Waals surface area contributed by atoms with Crippen molar-refractivity contribution in [1.82, 2.24) is 39.5 Å². The molecule has 2 aliphatic rings. The van der Waals surface area contributed by atoms with Crippen molar-refractivity contribution >= 4 is 23.2 Å². The highest BCUT2D eigenvalue weighted by Crippen LogP contribution is 2.57. The lowest BCUT2D eigenvalue weighted by molar-refractivity contribution is -0.284. The Hall–Kier alpha value is -4.37. The number of aromatic nitrogens is 8. The molecule has 0 aromatic carbocycles. The van der Waals surface area contributed by atoms with Crippen LogP contribution >= 0.6 is 0 Å². The number of nitrogens with two attached hydrogens (primary N) is 1. The summed E-state index contributed by atoms with van der Waals surface area (Å²) in [5.74, 6) is -5.40. The highest BCUT2D eigenvalue weighted by atomic mass is 19.4. The smallest absolute Gasteiger partial charge is 0.383 e. The minimum atomic E-state index is -5.71. The molecule has 4 aromatic heterocycles. The second-order valence-electron chi connectivity index (χ2n) is 9.54. The second kappa shape index (κ2) is 8.31. The minimum absolute atomic E-state index is 0.00450. The first kappa shape index (κ1) is 24.9. The van der Waals surface area contributed by atoms with Crippen LogP contribution in [0.5, 0.6) is 0 Å². The molecule has 39 heavy (non-hydrogen) atoms. The number of alkyl halides is 5. The summed E-state index contributed by atoms with van der Waals surface area (Å²) < 4.78 is 66.6. The van der Waals surface area contributed by atoms with Gasteiger partial charge in [-0.15, -0.1) is 0 Å². The molecule has 3 N–H and O–H groups in total. The zero-order valence-electron chi connectivity index (χ0n) is 20.2. The molecule has 202 valence electrons. The summed E-state index contributed by atoms with van der Waals surface area (Å²) >= 11 is 0. The largest absolute Gasteiger partial charge is 0.453 e. The van der Waals surface area contributed by atoms with Gasteiger partial charge in [-0.1, -0.05) is 0 Å². The van der Waals surface area contributed by atoms with Crippen LogP contribution in [-0.4, -0.2) is 57.5 Å². The normalized spacial score (nSPS) is 19.4. The molecule has 4 aromatic rings. The molecule has 1 atom stereocenters. The van der Waals surface area contributed by atoms with E-state index in [0.29, 0.717) is 17.0 Å². The monoisotopic (exact) mass is 546 g/mol. The molecular formula is C23H19F5N10O. The van der Waals surface area contributed by atoms with Crippen LogP contribution in [0.4, 0.5) is 33.6 Å². The number of nitrogen functional groups attached to an aromatic ring is 1. The molecule has 1 saturated carbocycles. The number of amides is 1. The van der Waals surface area contributed by atoms with E-state index in [2.05, 4.69) is 40.3 Å². The second-order valence-corrected chi connectivity index (χ2v) is 9.54. The van der Waals surface area contributed by atoms with Crippen LogP contribution in [0.25, 0.3) is 17.2 Å². The number of anilines is 2. The molecule has 1 aliphatic carbocycles. The highest BCUT2D eigenvalue weighted by Gasteiger charge is 2.61. The standard InChI is InChI=1S/C23H19F5N10O/c1-10-6-31-14(7-30-10)22(11-2-3-11)15-16(29)35-17(36-18(15)37-20(22)39)13-8-38-19(32-9-33-38)12(34-13)4-5-21(24,25)23(26,27)28/h6-9,11H,2-5H2,1H3,(H3,29,35,36,37,39). The Morgan fingerprint density at radius 2 is 1.87 bits per heavy atom. The van der Waals surface area contributed by atoms with Crippen molar-refractivity contribution in [2.24, 2.45) is 5.92 Å². The van der Waals surface area contributed by atoms with Crippen LogP contribution in [0.2, 0.25) is 0 Å². The lowest BCUT2D eigenvalue weighted by atomic mass is 9.74. The fraction of sp³-hybridized carbons (Fsp3) is 0.391. The topological polar surface area (TPSA) is 150 Å². The highest BCUT2D eigenvalue weighted by molar-refractivity contribution is 6.09. The van der Waals surface area contributed by atoms with Crippen molar-refractivity contribution in [1.29, 1.82) is 0 Å². The maximum Gasteiger partial charge on any atom is 0.453 e. The van der Waals surface area contributed by atoms with Crippen molar-refractivity contribution in [3.8, 4) is 11.5 Å². The Kier molecular flexibility index (Phi) is 5.32. The molecular weight excluding hydrogens is 527 g/mol. The van der Waals surface area contributed by atoms with Crippen LogP contribution in [-0.2, 0) is 16.6 Å². The number of rotatable bonds is 6. The van der Waals surface area contributed by atoms with Gasteiger partial charge in [0.15, 0.2) is 11.5 Å². The van der Waals surface area contributed by atoms with Crippen molar-refractivity contribution in [2.75, 3.05) is 11.1 Å². The number of halogens is 5. The molecule has 11 nitrogen and oxygen atoms in total.